The van der Waals surface area contributed by atoms with Gasteiger partial charge in [0.25, 0.3) is 0 Å². The molecular weight excluding hydrogens is 264 g/mol. The fourth-order valence-electron chi connectivity index (χ4n) is 3.56. The van der Waals surface area contributed by atoms with Gasteiger partial charge in [-0.05, 0) is 31.7 Å². The van der Waals surface area contributed by atoms with E-state index in [-0.39, 0.29) is 12.1 Å². The highest BCUT2D eigenvalue weighted by molar-refractivity contribution is 5.06. The highest BCUT2D eigenvalue weighted by Gasteiger charge is 2.33. The second-order valence-corrected chi connectivity index (χ2v) is 6.02. The Balaban J connectivity index is 2.20. The number of aromatic nitrogens is 3. The van der Waals surface area contributed by atoms with Crippen LogP contribution in [-0.4, -0.2) is 34.8 Å². The quantitative estimate of drug-likeness (QED) is 0.801. The predicted octanol–water partition coefficient (Wildman–Crippen LogP) is 2.93. The molecular formula is C16H30N4O. The summed E-state index contributed by atoms with van der Waals surface area (Å²) in [6, 6.07) is 0.185. The van der Waals surface area contributed by atoms with Crippen LogP contribution in [0.25, 0.3) is 0 Å². The molecule has 1 fully saturated rings. The third-order valence-electron chi connectivity index (χ3n) is 4.54. The number of hydrogen-bond acceptors (Lipinski definition) is 4. The van der Waals surface area contributed by atoms with Crippen molar-refractivity contribution in [1.82, 2.24) is 20.3 Å². The Kier molecular flexibility index (Phi) is 6.64. The van der Waals surface area contributed by atoms with Gasteiger partial charge in [-0.3, -0.25) is 0 Å². The van der Waals surface area contributed by atoms with E-state index in [1.54, 1.807) is 0 Å². The normalized spacial score (nSPS) is 19.6. The first-order valence-corrected chi connectivity index (χ1v) is 8.46. The van der Waals surface area contributed by atoms with Crippen LogP contribution in [0.5, 0.6) is 0 Å². The first-order valence-electron chi connectivity index (χ1n) is 8.46. The summed E-state index contributed by atoms with van der Waals surface area (Å²) < 4.78 is 7.96. The molecule has 0 aliphatic heterocycles. The Morgan fingerprint density at radius 3 is 2.71 bits per heavy atom. The van der Waals surface area contributed by atoms with E-state index < -0.39 is 0 Å². The second-order valence-electron chi connectivity index (χ2n) is 6.02. The molecule has 1 N–H and O–H groups in total. The van der Waals surface area contributed by atoms with Crippen molar-refractivity contribution >= 4 is 0 Å². The van der Waals surface area contributed by atoms with E-state index >= 15 is 0 Å². The molecule has 120 valence electrons. The number of nitrogens with one attached hydrogen (secondary N) is 1. The maximum absolute atomic E-state index is 5.93. The predicted molar refractivity (Wildman–Crippen MR) is 84.1 cm³/mol. The van der Waals surface area contributed by atoms with Crippen LogP contribution in [0, 0.1) is 5.92 Å². The molecule has 5 heteroatoms. The largest absolute Gasteiger partial charge is 0.379 e. The minimum atomic E-state index is 0.185. The molecule has 0 amide bonds. The molecule has 1 aromatic heterocycles. The zero-order valence-corrected chi connectivity index (χ0v) is 13.7. The van der Waals surface area contributed by atoms with Gasteiger partial charge in [-0.2, -0.15) is 0 Å². The number of hydrogen-bond donors (Lipinski definition) is 1. The smallest absolute Gasteiger partial charge is 0.0809 e. The lowest BCUT2D eigenvalue weighted by Gasteiger charge is -2.35. The molecule has 0 saturated heterocycles. The average molecular weight is 294 g/mol. The van der Waals surface area contributed by atoms with Crippen molar-refractivity contribution < 1.29 is 4.74 Å². The molecule has 0 radical (unpaired) electrons. The van der Waals surface area contributed by atoms with E-state index in [9.17, 15) is 0 Å². The van der Waals surface area contributed by atoms with Crippen molar-refractivity contribution in [3.05, 3.63) is 11.9 Å². The minimum absolute atomic E-state index is 0.185. The SMILES string of the molecule is CCCn1nncc1C(NCC)C(OC)C1CCCCC1. The van der Waals surface area contributed by atoms with Gasteiger partial charge >= 0.3 is 0 Å². The average Bonchev–Trinajstić information content (AvgIpc) is 2.97. The Hall–Kier alpha value is -0.940. The van der Waals surface area contributed by atoms with E-state index in [2.05, 4.69) is 29.5 Å². The molecule has 2 unspecified atom stereocenters. The zero-order chi connectivity index (χ0) is 15.1. The molecule has 2 atom stereocenters. The van der Waals surface area contributed by atoms with Crippen molar-refractivity contribution in [1.29, 1.82) is 0 Å². The third kappa shape index (κ3) is 4.04. The summed E-state index contributed by atoms with van der Waals surface area (Å²) in [6.07, 6.45) is 9.75. The van der Waals surface area contributed by atoms with E-state index in [1.807, 2.05) is 18.0 Å². The summed E-state index contributed by atoms with van der Waals surface area (Å²) in [5.41, 5.74) is 1.16. The number of rotatable bonds is 8. The van der Waals surface area contributed by atoms with Crippen LogP contribution in [-0.2, 0) is 11.3 Å². The highest BCUT2D eigenvalue weighted by Crippen LogP contribution is 2.33. The Morgan fingerprint density at radius 1 is 1.33 bits per heavy atom. The van der Waals surface area contributed by atoms with Crippen LogP contribution in [0.15, 0.2) is 6.20 Å². The number of nitrogens with zero attached hydrogens (tertiary/aromatic N) is 3. The lowest BCUT2D eigenvalue weighted by molar-refractivity contribution is 0.00572. The fraction of sp³-hybridized carbons (Fsp3) is 0.875. The first kappa shape index (κ1) is 16.4. The summed E-state index contributed by atoms with van der Waals surface area (Å²) in [5, 5.41) is 12.0. The van der Waals surface area contributed by atoms with Gasteiger partial charge in [0.2, 0.25) is 0 Å². The minimum Gasteiger partial charge on any atom is -0.379 e. The molecule has 1 heterocycles. The highest BCUT2D eigenvalue weighted by atomic mass is 16.5. The van der Waals surface area contributed by atoms with E-state index in [0.29, 0.717) is 5.92 Å². The molecule has 1 aromatic rings. The Morgan fingerprint density at radius 2 is 2.10 bits per heavy atom. The molecule has 1 aliphatic carbocycles. The lowest BCUT2D eigenvalue weighted by Crippen LogP contribution is -2.40. The molecule has 2 rings (SSSR count). The maximum Gasteiger partial charge on any atom is 0.0809 e. The van der Waals surface area contributed by atoms with Gasteiger partial charge in [0.15, 0.2) is 0 Å². The Labute approximate surface area is 128 Å². The number of likely N-dealkylation sites (N-methyl/N-ethyl adjacent to an activating group) is 1. The summed E-state index contributed by atoms with van der Waals surface area (Å²) in [4.78, 5) is 0. The van der Waals surface area contributed by atoms with Gasteiger partial charge in [-0.15, -0.1) is 5.10 Å². The van der Waals surface area contributed by atoms with Crippen LogP contribution in [0.4, 0.5) is 0 Å². The van der Waals surface area contributed by atoms with Gasteiger partial charge in [-0.25, -0.2) is 4.68 Å². The molecule has 5 nitrogen and oxygen atoms in total. The lowest BCUT2D eigenvalue weighted by atomic mass is 9.82. The maximum atomic E-state index is 5.93. The topological polar surface area (TPSA) is 52.0 Å². The summed E-state index contributed by atoms with van der Waals surface area (Å²) in [5.74, 6) is 0.637. The van der Waals surface area contributed by atoms with Gasteiger partial charge in [-0.1, -0.05) is 38.3 Å². The van der Waals surface area contributed by atoms with Gasteiger partial charge in [0.05, 0.1) is 24.0 Å². The molecule has 0 bridgehead atoms. The summed E-state index contributed by atoms with van der Waals surface area (Å²) >= 11 is 0. The third-order valence-corrected chi connectivity index (χ3v) is 4.54. The van der Waals surface area contributed by atoms with E-state index in [1.165, 1.54) is 32.1 Å². The Bertz CT molecular complexity index is 401. The number of aryl methyl sites for hydroxylation is 1. The summed E-state index contributed by atoms with van der Waals surface area (Å²) in [6.45, 7) is 6.16. The van der Waals surface area contributed by atoms with Crippen molar-refractivity contribution in [2.45, 2.75) is 71.1 Å². The van der Waals surface area contributed by atoms with Crippen molar-refractivity contribution in [3.63, 3.8) is 0 Å². The summed E-state index contributed by atoms with van der Waals surface area (Å²) in [7, 11) is 1.84. The van der Waals surface area contributed by atoms with Gasteiger partial charge in [0, 0.05) is 13.7 Å². The van der Waals surface area contributed by atoms with Gasteiger partial charge in [0.1, 0.15) is 0 Å². The second kappa shape index (κ2) is 8.49. The monoisotopic (exact) mass is 294 g/mol. The van der Waals surface area contributed by atoms with Crippen LogP contribution in [0.3, 0.4) is 0 Å². The van der Waals surface area contributed by atoms with Crippen molar-refractivity contribution in [3.8, 4) is 0 Å². The standard InChI is InChI=1S/C16H30N4O/c1-4-11-20-14(12-18-19-20)15(17-5-2)16(21-3)13-9-7-6-8-10-13/h12-13,15-17H,4-11H2,1-3H3. The van der Waals surface area contributed by atoms with E-state index in [4.69, 9.17) is 4.74 Å². The van der Waals surface area contributed by atoms with Crippen LogP contribution in [0.2, 0.25) is 0 Å². The molecule has 1 aliphatic rings. The molecule has 0 aromatic carbocycles. The van der Waals surface area contributed by atoms with Crippen LogP contribution in [0.1, 0.15) is 64.1 Å². The zero-order valence-electron chi connectivity index (χ0n) is 13.7. The molecule has 1 saturated carbocycles. The number of ether oxygens (including phenoxy) is 1. The van der Waals surface area contributed by atoms with Crippen molar-refractivity contribution in [2.75, 3.05) is 13.7 Å². The fourth-order valence-corrected chi connectivity index (χ4v) is 3.56. The molecule has 21 heavy (non-hydrogen) atoms. The first-order chi connectivity index (χ1) is 10.3. The van der Waals surface area contributed by atoms with Gasteiger partial charge < -0.3 is 10.1 Å². The molecule has 0 spiro atoms. The van der Waals surface area contributed by atoms with Crippen LogP contribution >= 0.6 is 0 Å². The van der Waals surface area contributed by atoms with Crippen molar-refractivity contribution in [2.24, 2.45) is 5.92 Å². The van der Waals surface area contributed by atoms with Crippen LogP contribution < -0.4 is 5.32 Å². The number of methoxy groups -OCH3 is 1. The van der Waals surface area contributed by atoms with E-state index in [0.717, 1.165) is 25.2 Å².